The second kappa shape index (κ2) is 10.4. The Balaban J connectivity index is 1.38. The van der Waals surface area contributed by atoms with Gasteiger partial charge in [-0.3, -0.25) is 4.79 Å². The van der Waals surface area contributed by atoms with Gasteiger partial charge in [0.05, 0.1) is 5.56 Å². The molecule has 0 aliphatic carbocycles. The molecule has 0 aliphatic heterocycles. The van der Waals surface area contributed by atoms with Crippen molar-refractivity contribution in [2.45, 2.75) is 19.3 Å². The van der Waals surface area contributed by atoms with Crippen LogP contribution in [0.3, 0.4) is 0 Å². The molecule has 0 radical (unpaired) electrons. The predicted molar refractivity (Wildman–Crippen MR) is 113 cm³/mol. The number of hydrogen-bond donors (Lipinski definition) is 2. The van der Waals surface area contributed by atoms with Crippen LogP contribution in [0.4, 0.5) is 5.95 Å². The van der Waals surface area contributed by atoms with Gasteiger partial charge >= 0.3 is 0 Å². The molecule has 28 heavy (non-hydrogen) atoms. The number of aromatic nitrogens is 2. The third kappa shape index (κ3) is 6.35. The Labute approximate surface area is 170 Å². The molecular formula is C22H23ClN4O. The van der Waals surface area contributed by atoms with Crippen LogP contribution in [0.1, 0.15) is 27.9 Å². The largest absolute Gasteiger partial charge is 0.354 e. The predicted octanol–water partition coefficient (Wildman–Crippen LogP) is 4.15. The van der Waals surface area contributed by atoms with Gasteiger partial charge in [-0.15, -0.1) is 0 Å². The molecule has 5 nitrogen and oxygen atoms in total. The molecule has 0 fully saturated rings. The highest BCUT2D eigenvalue weighted by Crippen LogP contribution is 2.11. The van der Waals surface area contributed by atoms with Gasteiger partial charge in [0.2, 0.25) is 5.95 Å². The molecule has 2 aromatic carbocycles. The van der Waals surface area contributed by atoms with Crippen molar-refractivity contribution < 1.29 is 4.79 Å². The van der Waals surface area contributed by atoms with E-state index >= 15 is 0 Å². The lowest BCUT2D eigenvalue weighted by atomic mass is 10.1. The SMILES string of the molecule is O=C(NCCCc1ccccc1)c1cnc(NCCc2cccc(Cl)c2)nc1. The zero-order chi connectivity index (χ0) is 19.6. The highest BCUT2D eigenvalue weighted by molar-refractivity contribution is 6.30. The molecule has 144 valence electrons. The summed E-state index contributed by atoms with van der Waals surface area (Å²) in [5, 5.41) is 6.79. The van der Waals surface area contributed by atoms with Gasteiger partial charge in [0.25, 0.3) is 5.91 Å². The van der Waals surface area contributed by atoms with Gasteiger partial charge in [0.15, 0.2) is 0 Å². The van der Waals surface area contributed by atoms with Crippen LogP contribution in [0.2, 0.25) is 5.02 Å². The van der Waals surface area contributed by atoms with E-state index in [4.69, 9.17) is 11.6 Å². The third-order valence-electron chi connectivity index (χ3n) is 4.27. The molecule has 1 amide bonds. The first-order chi connectivity index (χ1) is 13.7. The number of rotatable bonds is 9. The Morgan fingerprint density at radius 1 is 0.893 bits per heavy atom. The van der Waals surface area contributed by atoms with E-state index < -0.39 is 0 Å². The quantitative estimate of drug-likeness (QED) is 0.535. The fourth-order valence-corrected chi connectivity index (χ4v) is 3.00. The highest BCUT2D eigenvalue weighted by atomic mass is 35.5. The van der Waals surface area contributed by atoms with Gasteiger partial charge in [-0.25, -0.2) is 9.97 Å². The van der Waals surface area contributed by atoms with Crippen LogP contribution in [0.25, 0.3) is 0 Å². The van der Waals surface area contributed by atoms with Crippen molar-refractivity contribution in [3.63, 3.8) is 0 Å². The zero-order valence-electron chi connectivity index (χ0n) is 15.6. The molecular weight excluding hydrogens is 372 g/mol. The van der Waals surface area contributed by atoms with Crippen LogP contribution in [0.5, 0.6) is 0 Å². The van der Waals surface area contributed by atoms with Crippen LogP contribution in [-0.4, -0.2) is 29.0 Å². The minimum Gasteiger partial charge on any atom is -0.354 e. The van der Waals surface area contributed by atoms with Crippen LogP contribution >= 0.6 is 11.6 Å². The number of halogens is 1. The minimum absolute atomic E-state index is 0.154. The second-order valence-corrected chi connectivity index (χ2v) is 6.88. The normalized spacial score (nSPS) is 10.5. The van der Waals surface area contributed by atoms with Crippen LogP contribution < -0.4 is 10.6 Å². The van der Waals surface area contributed by atoms with Gasteiger partial charge in [-0.1, -0.05) is 54.1 Å². The van der Waals surface area contributed by atoms with Crippen molar-refractivity contribution in [2.75, 3.05) is 18.4 Å². The molecule has 0 unspecified atom stereocenters. The van der Waals surface area contributed by atoms with Crippen molar-refractivity contribution in [3.05, 3.63) is 88.7 Å². The van der Waals surface area contributed by atoms with Crippen LogP contribution in [-0.2, 0) is 12.8 Å². The molecule has 0 atom stereocenters. The summed E-state index contributed by atoms with van der Waals surface area (Å²) >= 11 is 5.98. The Morgan fingerprint density at radius 3 is 2.39 bits per heavy atom. The Hall–Kier alpha value is -2.92. The Morgan fingerprint density at radius 2 is 1.64 bits per heavy atom. The lowest BCUT2D eigenvalue weighted by molar-refractivity contribution is 0.0952. The van der Waals surface area contributed by atoms with E-state index in [1.165, 1.54) is 5.56 Å². The van der Waals surface area contributed by atoms with Gasteiger partial charge in [0, 0.05) is 30.5 Å². The molecule has 0 saturated carbocycles. The topological polar surface area (TPSA) is 66.9 Å². The Bertz CT molecular complexity index is 885. The minimum atomic E-state index is -0.154. The first-order valence-corrected chi connectivity index (χ1v) is 9.71. The summed E-state index contributed by atoms with van der Waals surface area (Å²) in [5.41, 5.74) is 2.87. The van der Waals surface area contributed by atoms with E-state index in [2.05, 4.69) is 32.7 Å². The van der Waals surface area contributed by atoms with E-state index in [-0.39, 0.29) is 5.91 Å². The summed E-state index contributed by atoms with van der Waals surface area (Å²) in [5.74, 6) is 0.348. The van der Waals surface area contributed by atoms with Crippen molar-refractivity contribution in [1.29, 1.82) is 0 Å². The molecule has 0 aliphatic rings. The number of nitrogens with one attached hydrogen (secondary N) is 2. The molecule has 1 heterocycles. The first kappa shape index (κ1) is 19.8. The number of benzene rings is 2. The monoisotopic (exact) mass is 394 g/mol. The number of hydrogen-bond acceptors (Lipinski definition) is 4. The zero-order valence-corrected chi connectivity index (χ0v) is 16.3. The summed E-state index contributed by atoms with van der Waals surface area (Å²) in [6, 6.07) is 18.0. The van der Waals surface area contributed by atoms with Gasteiger partial charge in [-0.05, 0) is 42.5 Å². The maximum atomic E-state index is 12.2. The maximum absolute atomic E-state index is 12.2. The summed E-state index contributed by atoms with van der Waals surface area (Å²) in [4.78, 5) is 20.6. The summed E-state index contributed by atoms with van der Waals surface area (Å²) in [7, 11) is 0. The van der Waals surface area contributed by atoms with E-state index in [1.807, 2.05) is 42.5 Å². The Kier molecular flexibility index (Phi) is 7.38. The van der Waals surface area contributed by atoms with E-state index in [0.717, 1.165) is 29.8 Å². The van der Waals surface area contributed by atoms with Crippen LogP contribution in [0, 0.1) is 0 Å². The molecule has 6 heteroatoms. The van der Waals surface area contributed by atoms with Gasteiger partial charge in [-0.2, -0.15) is 0 Å². The molecule has 3 rings (SSSR count). The lowest BCUT2D eigenvalue weighted by Gasteiger charge is -2.07. The third-order valence-corrected chi connectivity index (χ3v) is 4.51. The van der Waals surface area contributed by atoms with Crippen molar-refractivity contribution in [1.82, 2.24) is 15.3 Å². The lowest BCUT2D eigenvalue weighted by Crippen LogP contribution is -2.25. The molecule has 0 bridgehead atoms. The van der Waals surface area contributed by atoms with E-state index in [9.17, 15) is 4.79 Å². The molecule has 0 spiro atoms. The standard InChI is InChI=1S/C22H23ClN4O/c23-20-10-4-8-18(14-20)11-13-25-22-26-15-19(16-27-22)21(28)24-12-5-9-17-6-2-1-3-7-17/h1-4,6-8,10,14-16H,5,9,11-13H2,(H,24,28)(H,25,26,27). The van der Waals surface area contributed by atoms with E-state index in [1.54, 1.807) is 12.4 Å². The fraction of sp³-hybridized carbons (Fsp3) is 0.227. The van der Waals surface area contributed by atoms with Gasteiger partial charge in [0.1, 0.15) is 0 Å². The van der Waals surface area contributed by atoms with Crippen molar-refractivity contribution >= 4 is 23.5 Å². The van der Waals surface area contributed by atoms with Crippen molar-refractivity contribution in [3.8, 4) is 0 Å². The first-order valence-electron chi connectivity index (χ1n) is 9.33. The van der Waals surface area contributed by atoms with Crippen molar-refractivity contribution in [2.24, 2.45) is 0 Å². The number of amides is 1. The maximum Gasteiger partial charge on any atom is 0.254 e. The van der Waals surface area contributed by atoms with Crippen LogP contribution in [0.15, 0.2) is 67.0 Å². The average Bonchev–Trinajstić information content (AvgIpc) is 2.72. The summed E-state index contributed by atoms with van der Waals surface area (Å²) < 4.78 is 0. The molecule has 1 aromatic heterocycles. The number of carbonyl (C=O) groups is 1. The molecule has 0 saturated heterocycles. The number of nitrogens with zero attached hydrogens (tertiary/aromatic N) is 2. The average molecular weight is 395 g/mol. The number of carbonyl (C=O) groups excluding carboxylic acids is 1. The number of anilines is 1. The molecule has 3 aromatic rings. The van der Waals surface area contributed by atoms with Gasteiger partial charge < -0.3 is 10.6 Å². The fourth-order valence-electron chi connectivity index (χ4n) is 2.79. The second-order valence-electron chi connectivity index (χ2n) is 6.45. The molecule has 2 N–H and O–H groups in total. The smallest absolute Gasteiger partial charge is 0.254 e. The highest BCUT2D eigenvalue weighted by Gasteiger charge is 2.06. The van der Waals surface area contributed by atoms with E-state index in [0.29, 0.717) is 24.6 Å². The number of aryl methyl sites for hydroxylation is 1. The summed E-state index contributed by atoms with van der Waals surface area (Å²) in [6.07, 6.45) is 5.73. The summed E-state index contributed by atoms with van der Waals surface area (Å²) in [6.45, 7) is 1.30.